The molecule has 0 radical (unpaired) electrons. The van der Waals surface area contributed by atoms with Gasteiger partial charge in [-0.2, -0.15) is 0 Å². The van der Waals surface area contributed by atoms with E-state index in [1.807, 2.05) is 0 Å². The highest BCUT2D eigenvalue weighted by atomic mass is 16.3. The standard InChI is InChI=1S/C18H29NO/c1-11(2)13-7-8-15(14(9-13)12(3)4)19-16-10-17(20)18(16,5)6/h7-9,11-12,16-17,19-20H,10H2,1-6H3. The minimum atomic E-state index is -0.183. The monoisotopic (exact) mass is 275 g/mol. The molecule has 20 heavy (non-hydrogen) atoms. The molecule has 1 fully saturated rings. The maximum absolute atomic E-state index is 9.88. The second-order valence-electron chi connectivity index (χ2n) is 7.43. The Morgan fingerprint density at radius 3 is 2.25 bits per heavy atom. The third kappa shape index (κ3) is 2.71. The van der Waals surface area contributed by atoms with Crippen molar-refractivity contribution >= 4 is 5.69 Å². The van der Waals surface area contributed by atoms with Crippen molar-refractivity contribution in [3.05, 3.63) is 29.3 Å². The predicted octanol–water partition coefficient (Wildman–Crippen LogP) is 4.50. The molecule has 2 unspecified atom stereocenters. The van der Waals surface area contributed by atoms with Crippen molar-refractivity contribution in [2.45, 2.75) is 71.9 Å². The molecule has 2 N–H and O–H groups in total. The Bertz CT molecular complexity index is 476. The Kier molecular flexibility index (Phi) is 4.15. The van der Waals surface area contributed by atoms with E-state index in [4.69, 9.17) is 0 Å². The Morgan fingerprint density at radius 1 is 1.15 bits per heavy atom. The molecule has 1 aliphatic rings. The van der Waals surface area contributed by atoms with Gasteiger partial charge >= 0.3 is 0 Å². The highest BCUT2D eigenvalue weighted by Gasteiger charge is 2.47. The van der Waals surface area contributed by atoms with Gasteiger partial charge in [0.25, 0.3) is 0 Å². The van der Waals surface area contributed by atoms with Crippen molar-refractivity contribution in [2.24, 2.45) is 5.41 Å². The van der Waals surface area contributed by atoms with Gasteiger partial charge in [0.1, 0.15) is 0 Å². The molecular weight excluding hydrogens is 246 g/mol. The fourth-order valence-electron chi connectivity index (χ4n) is 2.88. The fraction of sp³-hybridized carbons (Fsp3) is 0.667. The summed E-state index contributed by atoms with van der Waals surface area (Å²) in [4.78, 5) is 0. The quantitative estimate of drug-likeness (QED) is 0.847. The minimum absolute atomic E-state index is 0.0367. The second kappa shape index (κ2) is 5.40. The number of hydrogen-bond acceptors (Lipinski definition) is 2. The summed E-state index contributed by atoms with van der Waals surface area (Å²) in [6, 6.07) is 7.13. The molecule has 0 spiro atoms. The summed E-state index contributed by atoms with van der Waals surface area (Å²) in [7, 11) is 0. The molecule has 2 heteroatoms. The molecule has 1 aliphatic carbocycles. The van der Waals surface area contributed by atoms with Crippen LogP contribution >= 0.6 is 0 Å². The van der Waals surface area contributed by atoms with Crippen molar-refractivity contribution in [1.82, 2.24) is 0 Å². The van der Waals surface area contributed by atoms with Crippen molar-refractivity contribution in [2.75, 3.05) is 5.32 Å². The zero-order valence-corrected chi connectivity index (χ0v) is 13.7. The molecule has 0 heterocycles. The first kappa shape index (κ1) is 15.4. The van der Waals surface area contributed by atoms with Crippen LogP contribution in [0.1, 0.15) is 70.9 Å². The Hall–Kier alpha value is -1.02. The third-order valence-corrected chi connectivity index (χ3v) is 4.91. The lowest BCUT2D eigenvalue weighted by Gasteiger charge is -2.50. The largest absolute Gasteiger partial charge is 0.392 e. The van der Waals surface area contributed by atoms with Gasteiger partial charge in [0.15, 0.2) is 0 Å². The first-order valence-corrected chi connectivity index (χ1v) is 7.82. The van der Waals surface area contributed by atoms with Crippen LogP contribution in [0.15, 0.2) is 18.2 Å². The van der Waals surface area contributed by atoms with E-state index < -0.39 is 0 Å². The van der Waals surface area contributed by atoms with Crippen LogP contribution < -0.4 is 5.32 Å². The second-order valence-corrected chi connectivity index (χ2v) is 7.43. The van der Waals surface area contributed by atoms with Gasteiger partial charge < -0.3 is 10.4 Å². The van der Waals surface area contributed by atoms with Crippen molar-refractivity contribution in [3.8, 4) is 0 Å². The van der Waals surface area contributed by atoms with Crippen LogP contribution in [0.3, 0.4) is 0 Å². The summed E-state index contributed by atoms with van der Waals surface area (Å²) in [6.45, 7) is 13.2. The van der Waals surface area contributed by atoms with Gasteiger partial charge in [0.2, 0.25) is 0 Å². The maximum atomic E-state index is 9.88. The molecule has 112 valence electrons. The molecule has 1 saturated carbocycles. The van der Waals surface area contributed by atoms with E-state index in [0.29, 0.717) is 17.9 Å². The number of aliphatic hydroxyl groups is 1. The number of rotatable bonds is 4. The van der Waals surface area contributed by atoms with Crippen molar-refractivity contribution in [1.29, 1.82) is 0 Å². The smallest absolute Gasteiger partial charge is 0.0630 e. The first-order valence-electron chi connectivity index (χ1n) is 7.82. The van der Waals surface area contributed by atoms with Gasteiger partial charge in [0.05, 0.1) is 6.10 Å². The van der Waals surface area contributed by atoms with E-state index >= 15 is 0 Å². The molecule has 0 bridgehead atoms. The number of benzene rings is 1. The highest BCUT2D eigenvalue weighted by Crippen LogP contribution is 2.43. The van der Waals surface area contributed by atoms with Crippen LogP contribution in [0.5, 0.6) is 0 Å². The molecule has 0 saturated heterocycles. The van der Waals surface area contributed by atoms with Crippen LogP contribution in [0, 0.1) is 5.41 Å². The molecule has 1 aromatic carbocycles. The zero-order chi connectivity index (χ0) is 15.1. The summed E-state index contributed by atoms with van der Waals surface area (Å²) >= 11 is 0. The average Bonchev–Trinajstić information content (AvgIpc) is 2.38. The minimum Gasteiger partial charge on any atom is -0.392 e. The van der Waals surface area contributed by atoms with E-state index in [9.17, 15) is 5.11 Å². The van der Waals surface area contributed by atoms with E-state index in [1.165, 1.54) is 16.8 Å². The SMILES string of the molecule is CC(C)c1ccc(NC2CC(O)C2(C)C)c(C(C)C)c1. The lowest BCUT2D eigenvalue weighted by atomic mass is 9.64. The van der Waals surface area contributed by atoms with E-state index in [2.05, 4.69) is 65.1 Å². The summed E-state index contributed by atoms with van der Waals surface area (Å²) in [5.41, 5.74) is 3.97. The van der Waals surface area contributed by atoms with Crippen LogP contribution in [0.2, 0.25) is 0 Å². The lowest BCUT2D eigenvalue weighted by molar-refractivity contribution is -0.0510. The zero-order valence-electron chi connectivity index (χ0n) is 13.7. The van der Waals surface area contributed by atoms with E-state index in [1.54, 1.807) is 0 Å². The van der Waals surface area contributed by atoms with E-state index in [-0.39, 0.29) is 11.5 Å². The van der Waals surface area contributed by atoms with Crippen molar-refractivity contribution < 1.29 is 5.11 Å². The summed E-state index contributed by atoms with van der Waals surface area (Å²) in [5, 5.41) is 13.5. The van der Waals surface area contributed by atoms with Crippen LogP contribution in [-0.4, -0.2) is 17.3 Å². The number of hydrogen-bond donors (Lipinski definition) is 2. The van der Waals surface area contributed by atoms with Gasteiger partial charge in [-0.05, 0) is 35.4 Å². The molecular formula is C18H29NO. The Labute approximate surface area is 123 Å². The third-order valence-electron chi connectivity index (χ3n) is 4.91. The Morgan fingerprint density at radius 2 is 1.80 bits per heavy atom. The van der Waals surface area contributed by atoms with Crippen LogP contribution in [0.25, 0.3) is 0 Å². The summed E-state index contributed by atoms with van der Waals surface area (Å²) < 4.78 is 0. The fourth-order valence-corrected chi connectivity index (χ4v) is 2.88. The molecule has 2 rings (SSSR count). The molecule has 1 aromatic rings. The molecule has 0 amide bonds. The molecule has 2 atom stereocenters. The predicted molar refractivity (Wildman–Crippen MR) is 86.4 cm³/mol. The van der Waals surface area contributed by atoms with Gasteiger partial charge in [-0.15, -0.1) is 0 Å². The van der Waals surface area contributed by atoms with Gasteiger partial charge in [-0.3, -0.25) is 0 Å². The number of anilines is 1. The maximum Gasteiger partial charge on any atom is 0.0630 e. The average molecular weight is 275 g/mol. The number of aliphatic hydroxyl groups excluding tert-OH is 1. The molecule has 0 aliphatic heterocycles. The number of nitrogens with one attached hydrogen (secondary N) is 1. The molecule has 2 nitrogen and oxygen atoms in total. The summed E-state index contributed by atoms with van der Waals surface area (Å²) in [6.07, 6.45) is 0.661. The normalized spacial score (nSPS) is 24.9. The van der Waals surface area contributed by atoms with Crippen LogP contribution in [-0.2, 0) is 0 Å². The van der Waals surface area contributed by atoms with Gasteiger partial charge in [0, 0.05) is 17.1 Å². The first-order chi connectivity index (χ1) is 9.23. The summed E-state index contributed by atoms with van der Waals surface area (Å²) in [5.74, 6) is 1.06. The Balaban J connectivity index is 2.24. The molecule has 0 aromatic heterocycles. The van der Waals surface area contributed by atoms with Crippen molar-refractivity contribution in [3.63, 3.8) is 0 Å². The highest BCUT2D eigenvalue weighted by molar-refractivity contribution is 5.56. The topological polar surface area (TPSA) is 32.3 Å². The van der Waals surface area contributed by atoms with E-state index in [0.717, 1.165) is 6.42 Å². The van der Waals surface area contributed by atoms with Gasteiger partial charge in [-0.1, -0.05) is 53.7 Å². The lowest BCUT2D eigenvalue weighted by Crippen LogP contribution is -2.57. The van der Waals surface area contributed by atoms with Gasteiger partial charge in [-0.25, -0.2) is 0 Å². The van der Waals surface area contributed by atoms with Crippen LogP contribution in [0.4, 0.5) is 5.69 Å².